The van der Waals surface area contributed by atoms with Crippen LogP contribution in [0.1, 0.15) is 31.5 Å². The highest BCUT2D eigenvalue weighted by Crippen LogP contribution is 2.28. The van der Waals surface area contributed by atoms with Crippen molar-refractivity contribution in [3.8, 4) is 10.4 Å². The van der Waals surface area contributed by atoms with Crippen molar-refractivity contribution < 1.29 is 14.0 Å². The van der Waals surface area contributed by atoms with Crippen LogP contribution in [0.2, 0.25) is 0 Å². The summed E-state index contributed by atoms with van der Waals surface area (Å²) in [5, 5.41) is 2.96. The van der Waals surface area contributed by atoms with Crippen molar-refractivity contribution in [2.45, 2.75) is 45.8 Å². The van der Waals surface area contributed by atoms with Gasteiger partial charge in [0.25, 0.3) is 0 Å². The summed E-state index contributed by atoms with van der Waals surface area (Å²) in [5.41, 5.74) is 4.76. The SMILES string of the molecule is Cc1ncsc1-c1ccc(CCNC(=O)[C@@H]2C[C@H](F)CN2CC(C)(C)[CH]C=O)cc1. The van der Waals surface area contributed by atoms with E-state index in [-0.39, 0.29) is 18.9 Å². The minimum absolute atomic E-state index is 0.144. The van der Waals surface area contributed by atoms with Crippen LogP contribution in [0.5, 0.6) is 0 Å². The maximum Gasteiger partial charge on any atom is 0.237 e. The van der Waals surface area contributed by atoms with Gasteiger partial charge in [0.05, 0.1) is 22.1 Å². The summed E-state index contributed by atoms with van der Waals surface area (Å²) in [7, 11) is 0. The molecule has 7 heteroatoms. The summed E-state index contributed by atoms with van der Waals surface area (Å²) in [6.07, 6.45) is 2.22. The number of aldehydes is 1. The molecule has 30 heavy (non-hydrogen) atoms. The minimum atomic E-state index is -1.02. The zero-order chi connectivity index (χ0) is 21.7. The first-order valence-corrected chi connectivity index (χ1v) is 11.1. The van der Waals surface area contributed by atoms with Crippen LogP contribution >= 0.6 is 11.3 Å². The summed E-state index contributed by atoms with van der Waals surface area (Å²) < 4.78 is 14.0. The number of alkyl halides is 1. The van der Waals surface area contributed by atoms with Crippen LogP contribution < -0.4 is 5.32 Å². The number of aromatic nitrogens is 1. The van der Waals surface area contributed by atoms with Crippen LogP contribution in [0.25, 0.3) is 10.4 Å². The van der Waals surface area contributed by atoms with Crippen LogP contribution in [0.4, 0.5) is 4.39 Å². The van der Waals surface area contributed by atoms with Crippen molar-refractivity contribution in [2.24, 2.45) is 5.41 Å². The van der Waals surface area contributed by atoms with Crippen molar-refractivity contribution in [2.75, 3.05) is 19.6 Å². The molecule has 2 atom stereocenters. The molecule has 1 N–H and O–H groups in total. The lowest BCUT2D eigenvalue weighted by Gasteiger charge is -2.31. The van der Waals surface area contributed by atoms with E-state index in [4.69, 9.17) is 0 Å². The molecule has 0 unspecified atom stereocenters. The fraction of sp³-hybridized carbons (Fsp3) is 0.478. The molecule has 1 aliphatic rings. The Morgan fingerprint density at radius 1 is 1.37 bits per heavy atom. The van der Waals surface area contributed by atoms with Gasteiger partial charge in [0.15, 0.2) is 0 Å². The smallest absolute Gasteiger partial charge is 0.237 e. The summed E-state index contributed by atoms with van der Waals surface area (Å²) in [4.78, 5) is 30.8. The van der Waals surface area contributed by atoms with E-state index >= 15 is 0 Å². The Kier molecular flexibility index (Phi) is 7.36. The van der Waals surface area contributed by atoms with Gasteiger partial charge in [-0.3, -0.25) is 9.69 Å². The molecule has 2 heterocycles. The predicted octanol–water partition coefficient (Wildman–Crippen LogP) is 3.62. The fourth-order valence-corrected chi connectivity index (χ4v) is 4.72. The first-order chi connectivity index (χ1) is 14.3. The molecule has 1 saturated heterocycles. The minimum Gasteiger partial charge on any atom is -0.354 e. The van der Waals surface area contributed by atoms with E-state index in [1.54, 1.807) is 17.8 Å². The number of likely N-dealkylation sites (tertiary alicyclic amines) is 1. The van der Waals surface area contributed by atoms with E-state index in [1.807, 2.05) is 31.2 Å². The molecule has 1 amide bonds. The summed E-state index contributed by atoms with van der Waals surface area (Å²) in [6.45, 7) is 7.04. The Bertz CT molecular complexity index is 866. The number of carbonyl (C=O) groups excluding carboxylic acids is 2. The second-order valence-corrected chi connectivity index (χ2v) is 9.43. The lowest BCUT2D eigenvalue weighted by molar-refractivity contribution is -0.125. The molecular weight excluding hydrogens is 401 g/mol. The van der Waals surface area contributed by atoms with Crippen LogP contribution in [0, 0.1) is 18.8 Å². The molecule has 0 saturated carbocycles. The molecule has 1 radical (unpaired) electrons. The third-order valence-electron chi connectivity index (χ3n) is 5.46. The predicted molar refractivity (Wildman–Crippen MR) is 118 cm³/mol. The summed E-state index contributed by atoms with van der Waals surface area (Å²) in [5.74, 6) is -0.144. The van der Waals surface area contributed by atoms with E-state index < -0.39 is 17.6 Å². The number of thiazole rings is 1. The topological polar surface area (TPSA) is 62.3 Å². The van der Waals surface area contributed by atoms with Crippen molar-refractivity contribution >= 4 is 23.5 Å². The van der Waals surface area contributed by atoms with Gasteiger partial charge in [-0.1, -0.05) is 38.1 Å². The Morgan fingerprint density at radius 2 is 2.10 bits per heavy atom. The lowest BCUT2D eigenvalue weighted by atomic mass is 9.89. The molecule has 0 aliphatic carbocycles. The third-order valence-corrected chi connectivity index (χ3v) is 6.44. The third kappa shape index (κ3) is 5.73. The van der Waals surface area contributed by atoms with Crippen LogP contribution in [0.3, 0.4) is 0 Å². The van der Waals surface area contributed by atoms with Gasteiger partial charge in [0, 0.05) is 32.5 Å². The van der Waals surface area contributed by atoms with E-state index in [0.717, 1.165) is 23.1 Å². The molecule has 1 aromatic heterocycles. The number of amides is 1. The number of rotatable bonds is 9. The Hall–Kier alpha value is -2.12. The normalized spacial score (nSPS) is 19.7. The first kappa shape index (κ1) is 22.6. The molecule has 2 aromatic rings. The number of aryl methyl sites for hydroxylation is 1. The average molecular weight is 431 g/mol. The van der Waals surface area contributed by atoms with Gasteiger partial charge in [0.1, 0.15) is 12.5 Å². The summed E-state index contributed by atoms with van der Waals surface area (Å²) >= 11 is 1.63. The molecule has 0 bridgehead atoms. The van der Waals surface area contributed by atoms with E-state index in [9.17, 15) is 14.0 Å². The molecule has 1 fully saturated rings. The van der Waals surface area contributed by atoms with Crippen molar-refractivity contribution in [3.05, 3.63) is 47.5 Å². The van der Waals surface area contributed by atoms with Gasteiger partial charge in [-0.25, -0.2) is 9.37 Å². The second-order valence-electron chi connectivity index (χ2n) is 8.57. The summed E-state index contributed by atoms with van der Waals surface area (Å²) in [6, 6.07) is 7.80. The van der Waals surface area contributed by atoms with Crippen LogP contribution in [0.15, 0.2) is 29.8 Å². The standard InChI is InChI=1S/C23H29FN3O2S/c1-16-21(30-15-26-16)18-6-4-17(5-7-18)8-10-25-22(29)20-12-19(24)13-27(20)14-23(2,3)9-11-28/h4-7,9,11,15,19-20H,8,10,12-14H2,1-3H3,(H,25,29)/t19-,20-/m0/s1. The van der Waals surface area contributed by atoms with Gasteiger partial charge >= 0.3 is 0 Å². The molecule has 1 aliphatic heterocycles. The fourth-order valence-electron chi connectivity index (χ4n) is 3.91. The number of carbonyl (C=O) groups is 2. The number of nitrogens with one attached hydrogen (secondary N) is 1. The highest BCUT2D eigenvalue weighted by Gasteiger charge is 2.39. The Balaban J connectivity index is 1.52. The second kappa shape index (κ2) is 9.79. The number of halogens is 1. The first-order valence-electron chi connectivity index (χ1n) is 10.2. The number of nitrogens with zero attached hydrogens (tertiary/aromatic N) is 2. The van der Waals surface area contributed by atoms with E-state index in [1.165, 1.54) is 4.88 Å². The van der Waals surface area contributed by atoms with Crippen LogP contribution in [-0.2, 0) is 16.0 Å². The number of hydrogen-bond acceptors (Lipinski definition) is 5. The van der Waals surface area contributed by atoms with Crippen molar-refractivity contribution in [1.29, 1.82) is 0 Å². The molecule has 5 nitrogen and oxygen atoms in total. The van der Waals surface area contributed by atoms with Crippen molar-refractivity contribution in [3.63, 3.8) is 0 Å². The molecule has 1 aromatic carbocycles. The molecular formula is C23H29FN3O2S. The van der Waals surface area contributed by atoms with Gasteiger partial charge < -0.3 is 10.1 Å². The maximum atomic E-state index is 14.0. The van der Waals surface area contributed by atoms with E-state index in [2.05, 4.69) is 34.6 Å². The lowest BCUT2D eigenvalue weighted by Crippen LogP contribution is -2.47. The van der Waals surface area contributed by atoms with Crippen LogP contribution in [-0.4, -0.2) is 53.9 Å². The monoisotopic (exact) mass is 430 g/mol. The van der Waals surface area contributed by atoms with Gasteiger partial charge in [-0.15, -0.1) is 11.3 Å². The van der Waals surface area contributed by atoms with Gasteiger partial charge in [-0.05, 0) is 29.9 Å². The number of benzene rings is 1. The highest BCUT2D eigenvalue weighted by atomic mass is 32.1. The Labute approximate surface area is 181 Å². The quantitative estimate of drug-likeness (QED) is 0.618. The molecule has 161 valence electrons. The Morgan fingerprint density at radius 3 is 2.73 bits per heavy atom. The largest absolute Gasteiger partial charge is 0.354 e. The average Bonchev–Trinajstić information content (AvgIpc) is 3.27. The van der Waals surface area contributed by atoms with Gasteiger partial charge in [0.2, 0.25) is 5.91 Å². The zero-order valence-electron chi connectivity index (χ0n) is 17.7. The molecule has 0 spiro atoms. The highest BCUT2D eigenvalue weighted by molar-refractivity contribution is 7.13. The zero-order valence-corrected chi connectivity index (χ0v) is 18.5. The van der Waals surface area contributed by atoms with Crippen molar-refractivity contribution in [1.82, 2.24) is 15.2 Å². The molecule has 3 rings (SSSR count). The maximum absolute atomic E-state index is 14.0. The van der Waals surface area contributed by atoms with Gasteiger partial charge in [-0.2, -0.15) is 0 Å². The number of hydrogen-bond donors (Lipinski definition) is 1. The van der Waals surface area contributed by atoms with E-state index in [0.29, 0.717) is 19.5 Å².